The van der Waals surface area contributed by atoms with Crippen LogP contribution in [-0.2, 0) is 10.3 Å². The van der Waals surface area contributed by atoms with Crippen LogP contribution in [0.25, 0.3) is 10.4 Å². The number of carbonyl (C=O) groups is 1. The number of carboxylic acids is 1. The lowest BCUT2D eigenvalue weighted by Crippen LogP contribution is -2.43. The number of hydrogen-bond acceptors (Lipinski definition) is 4. The molecule has 2 aromatic rings. The maximum atomic E-state index is 10.7. The quantitative estimate of drug-likeness (QED) is 0.697. The van der Waals surface area contributed by atoms with Crippen LogP contribution in [0.5, 0.6) is 5.75 Å². The van der Waals surface area contributed by atoms with E-state index in [0.717, 1.165) is 31.4 Å². The smallest absolute Gasteiger partial charge is 0.303 e. The van der Waals surface area contributed by atoms with E-state index < -0.39 is 5.97 Å². The van der Waals surface area contributed by atoms with Crippen molar-refractivity contribution in [2.75, 3.05) is 19.1 Å². The fourth-order valence-electron chi connectivity index (χ4n) is 3.72. The molecule has 0 saturated carbocycles. The molecule has 1 aromatic carbocycles. The summed E-state index contributed by atoms with van der Waals surface area (Å²) in [5, 5.41) is 11.0. The molecule has 0 fully saturated rings. The largest absolute Gasteiger partial charge is 0.497 e. The van der Waals surface area contributed by atoms with Crippen molar-refractivity contribution in [2.24, 2.45) is 0 Å². The molecule has 1 N–H and O–H groups in total. The summed E-state index contributed by atoms with van der Waals surface area (Å²) in [5.41, 5.74) is 3.74. The monoisotopic (exact) mass is 359 g/mol. The number of rotatable bonds is 7. The molecular weight excluding hydrogens is 334 g/mol. The van der Waals surface area contributed by atoms with Crippen LogP contribution in [0.2, 0.25) is 0 Å². The third-order valence-electron chi connectivity index (χ3n) is 5.35. The molecule has 1 atom stereocenters. The van der Waals surface area contributed by atoms with Crippen LogP contribution in [0.1, 0.15) is 44.6 Å². The van der Waals surface area contributed by atoms with Crippen LogP contribution in [0.15, 0.2) is 29.6 Å². The van der Waals surface area contributed by atoms with Crippen LogP contribution in [0, 0.1) is 0 Å². The molecule has 2 heterocycles. The molecule has 0 radical (unpaired) electrons. The second-order valence-electron chi connectivity index (χ2n) is 6.83. The number of benzene rings is 1. The standard InChI is InChI=1S/C20H25NO3S/c1-20(11-6-4-5-7-18(22)23)16-10-12-25-19(16)15-9-8-14(24-3)13-17(15)21(20)2/h8-10,12-13H,4-7,11H2,1-3H3,(H,22,23). The zero-order valence-electron chi connectivity index (χ0n) is 15.0. The molecule has 0 saturated heterocycles. The fourth-order valence-corrected chi connectivity index (χ4v) is 4.78. The van der Waals surface area contributed by atoms with Gasteiger partial charge in [0.1, 0.15) is 5.75 Å². The zero-order chi connectivity index (χ0) is 18.0. The minimum absolute atomic E-state index is 0.0854. The Labute approximate surface area is 153 Å². The van der Waals surface area contributed by atoms with Crippen molar-refractivity contribution >= 4 is 23.0 Å². The Morgan fingerprint density at radius 2 is 2.08 bits per heavy atom. The lowest BCUT2D eigenvalue weighted by molar-refractivity contribution is -0.137. The van der Waals surface area contributed by atoms with Gasteiger partial charge in [0.15, 0.2) is 0 Å². The number of thiophene rings is 1. The molecule has 0 bridgehead atoms. The summed E-state index contributed by atoms with van der Waals surface area (Å²) >= 11 is 1.79. The van der Waals surface area contributed by atoms with E-state index in [2.05, 4.69) is 42.5 Å². The Hall–Kier alpha value is -2.01. The predicted molar refractivity (Wildman–Crippen MR) is 103 cm³/mol. The molecule has 1 aromatic heterocycles. The third-order valence-corrected chi connectivity index (χ3v) is 6.30. The van der Waals surface area contributed by atoms with Gasteiger partial charge >= 0.3 is 5.97 Å². The van der Waals surface area contributed by atoms with Crippen molar-refractivity contribution in [3.05, 3.63) is 35.2 Å². The molecule has 5 heteroatoms. The average molecular weight is 359 g/mol. The highest BCUT2D eigenvalue weighted by molar-refractivity contribution is 7.13. The number of anilines is 1. The summed E-state index contributed by atoms with van der Waals surface area (Å²) in [7, 11) is 3.85. The van der Waals surface area contributed by atoms with Crippen LogP contribution >= 0.6 is 11.3 Å². The first-order chi connectivity index (χ1) is 12.0. The average Bonchev–Trinajstić information content (AvgIpc) is 3.09. The molecule has 4 nitrogen and oxygen atoms in total. The second kappa shape index (κ2) is 7.08. The van der Waals surface area contributed by atoms with Gasteiger partial charge in [-0.2, -0.15) is 0 Å². The van der Waals surface area contributed by atoms with E-state index in [4.69, 9.17) is 9.84 Å². The summed E-state index contributed by atoms with van der Waals surface area (Å²) in [6, 6.07) is 8.51. The highest BCUT2D eigenvalue weighted by Crippen LogP contribution is 2.51. The van der Waals surface area contributed by atoms with E-state index >= 15 is 0 Å². The van der Waals surface area contributed by atoms with Gasteiger partial charge in [0.25, 0.3) is 0 Å². The number of hydrogen-bond donors (Lipinski definition) is 1. The summed E-state index contributed by atoms with van der Waals surface area (Å²) < 4.78 is 5.42. The van der Waals surface area contributed by atoms with E-state index in [1.54, 1.807) is 18.4 Å². The minimum atomic E-state index is -0.706. The molecule has 25 heavy (non-hydrogen) atoms. The first-order valence-electron chi connectivity index (χ1n) is 8.69. The van der Waals surface area contributed by atoms with Gasteiger partial charge in [-0.05, 0) is 48.9 Å². The Morgan fingerprint density at radius 1 is 1.28 bits per heavy atom. The number of carboxylic acid groups (broad SMARTS) is 1. The van der Waals surface area contributed by atoms with Crippen molar-refractivity contribution in [3.8, 4) is 16.2 Å². The highest BCUT2D eigenvalue weighted by Gasteiger charge is 2.39. The molecule has 1 aliphatic heterocycles. The molecule has 0 amide bonds. The molecule has 134 valence electrons. The number of fused-ring (bicyclic) bond motifs is 3. The van der Waals surface area contributed by atoms with Crippen molar-refractivity contribution in [1.82, 2.24) is 0 Å². The molecule has 0 spiro atoms. The van der Waals surface area contributed by atoms with Crippen LogP contribution in [0.4, 0.5) is 5.69 Å². The second-order valence-corrected chi connectivity index (χ2v) is 7.75. The zero-order valence-corrected chi connectivity index (χ0v) is 15.9. The van der Waals surface area contributed by atoms with Crippen molar-refractivity contribution in [1.29, 1.82) is 0 Å². The molecule has 0 aliphatic carbocycles. The van der Waals surface area contributed by atoms with Gasteiger partial charge in [0.2, 0.25) is 0 Å². The maximum absolute atomic E-state index is 10.7. The van der Waals surface area contributed by atoms with Crippen LogP contribution < -0.4 is 9.64 Å². The van der Waals surface area contributed by atoms with Gasteiger partial charge < -0.3 is 14.7 Å². The van der Waals surface area contributed by atoms with E-state index in [1.807, 2.05) is 6.07 Å². The first-order valence-corrected chi connectivity index (χ1v) is 9.57. The number of methoxy groups -OCH3 is 1. The van der Waals surface area contributed by atoms with Gasteiger partial charge in [-0.25, -0.2) is 0 Å². The third kappa shape index (κ3) is 3.25. The van der Waals surface area contributed by atoms with E-state index in [0.29, 0.717) is 0 Å². The van der Waals surface area contributed by atoms with E-state index in [9.17, 15) is 4.79 Å². The Bertz CT molecular complexity index is 770. The summed E-state index contributed by atoms with van der Waals surface area (Å²) in [6.07, 6.45) is 3.97. The summed E-state index contributed by atoms with van der Waals surface area (Å²) in [4.78, 5) is 14.4. The molecular formula is C20H25NO3S. The Kier molecular flexibility index (Phi) is 5.04. The SMILES string of the molecule is COc1ccc2c(c1)N(C)C(C)(CCCCCC(=O)O)c1ccsc1-2. The predicted octanol–water partition coefficient (Wildman–Crippen LogP) is 5.12. The van der Waals surface area contributed by atoms with E-state index in [-0.39, 0.29) is 12.0 Å². The summed E-state index contributed by atoms with van der Waals surface area (Å²) in [6.45, 7) is 2.29. The van der Waals surface area contributed by atoms with Gasteiger partial charge in [-0.3, -0.25) is 4.79 Å². The Balaban J connectivity index is 1.86. The Morgan fingerprint density at radius 3 is 2.80 bits per heavy atom. The van der Waals surface area contributed by atoms with E-state index in [1.165, 1.54) is 21.7 Å². The van der Waals surface area contributed by atoms with Gasteiger partial charge in [0, 0.05) is 35.7 Å². The van der Waals surface area contributed by atoms with Crippen LogP contribution in [0.3, 0.4) is 0 Å². The highest BCUT2D eigenvalue weighted by atomic mass is 32.1. The van der Waals surface area contributed by atoms with Gasteiger partial charge in [0.05, 0.1) is 12.6 Å². The number of unbranched alkanes of at least 4 members (excludes halogenated alkanes) is 2. The number of aliphatic carboxylic acids is 1. The number of ether oxygens (including phenoxy) is 1. The molecule has 1 aliphatic rings. The van der Waals surface area contributed by atoms with Crippen LogP contribution in [-0.4, -0.2) is 25.2 Å². The van der Waals surface area contributed by atoms with Crippen molar-refractivity contribution < 1.29 is 14.6 Å². The number of nitrogens with zero attached hydrogens (tertiary/aromatic N) is 1. The summed E-state index contributed by atoms with van der Waals surface area (Å²) in [5.74, 6) is 0.163. The van der Waals surface area contributed by atoms with Gasteiger partial charge in [-0.1, -0.05) is 12.8 Å². The first kappa shape index (κ1) is 17.8. The van der Waals surface area contributed by atoms with Crippen molar-refractivity contribution in [2.45, 2.75) is 44.6 Å². The molecule has 1 unspecified atom stereocenters. The lowest BCUT2D eigenvalue weighted by atomic mass is 9.80. The molecule has 3 rings (SSSR count). The minimum Gasteiger partial charge on any atom is -0.497 e. The normalized spacial score (nSPS) is 18.6. The van der Waals surface area contributed by atoms with Gasteiger partial charge in [-0.15, -0.1) is 11.3 Å². The topological polar surface area (TPSA) is 49.8 Å². The fraction of sp³-hybridized carbons (Fsp3) is 0.450. The lowest BCUT2D eigenvalue weighted by Gasteiger charge is -2.45. The van der Waals surface area contributed by atoms with Crippen molar-refractivity contribution in [3.63, 3.8) is 0 Å². The maximum Gasteiger partial charge on any atom is 0.303 e.